The first kappa shape index (κ1) is 15.4. The van der Waals surface area contributed by atoms with Gasteiger partial charge in [-0.15, -0.1) is 0 Å². The number of carboxylic acids is 1. The van der Waals surface area contributed by atoms with Gasteiger partial charge < -0.3 is 5.11 Å². The molecule has 1 atom stereocenters. The fraction of sp³-hybridized carbons (Fsp3) is 0.917. The van der Waals surface area contributed by atoms with Crippen molar-refractivity contribution in [3.05, 3.63) is 0 Å². The Hall–Kier alpha value is -0.620. The van der Waals surface area contributed by atoms with Crippen LogP contribution in [0.3, 0.4) is 0 Å². The summed E-state index contributed by atoms with van der Waals surface area (Å²) in [7, 11) is -3.12. The highest BCUT2D eigenvalue weighted by atomic mass is 32.2. The van der Waals surface area contributed by atoms with Crippen LogP contribution in [0.2, 0.25) is 0 Å². The molecule has 1 aliphatic rings. The predicted octanol–water partition coefficient (Wildman–Crippen LogP) is 1.55. The van der Waals surface area contributed by atoms with Crippen LogP contribution in [0.25, 0.3) is 0 Å². The Balaban J connectivity index is 2.60. The van der Waals surface area contributed by atoms with Crippen LogP contribution in [0.4, 0.5) is 0 Å². The highest BCUT2D eigenvalue weighted by Gasteiger charge is 2.31. The van der Waals surface area contributed by atoms with E-state index >= 15 is 0 Å². The quantitative estimate of drug-likeness (QED) is 0.827. The highest BCUT2D eigenvalue weighted by Crippen LogP contribution is 2.33. The normalized spacial score (nSPS) is 22.9. The summed E-state index contributed by atoms with van der Waals surface area (Å²) < 4.78 is 24.5. The van der Waals surface area contributed by atoms with E-state index in [1.54, 1.807) is 0 Å². The van der Waals surface area contributed by atoms with Gasteiger partial charge >= 0.3 is 5.97 Å². The average molecular weight is 277 g/mol. The van der Waals surface area contributed by atoms with Crippen molar-refractivity contribution in [1.82, 2.24) is 4.31 Å². The molecule has 106 valence electrons. The summed E-state index contributed by atoms with van der Waals surface area (Å²) in [5.41, 5.74) is -0.281. The van der Waals surface area contributed by atoms with Crippen molar-refractivity contribution < 1.29 is 18.3 Å². The van der Waals surface area contributed by atoms with Gasteiger partial charge in [-0.05, 0) is 30.6 Å². The minimum atomic E-state index is -3.12. The van der Waals surface area contributed by atoms with Crippen molar-refractivity contribution in [3.8, 4) is 0 Å². The van der Waals surface area contributed by atoms with E-state index in [0.717, 1.165) is 19.3 Å². The van der Waals surface area contributed by atoms with E-state index in [1.165, 1.54) is 10.6 Å². The number of rotatable bonds is 5. The molecule has 1 fully saturated rings. The molecule has 6 heteroatoms. The Kier molecular flexibility index (Phi) is 4.78. The summed E-state index contributed by atoms with van der Waals surface area (Å²) >= 11 is 0. The second kappa shape index (κ2) is 5.57. The van der Waals surface area contributed by atoms with Gasteiger partial charge in [0, 0.05) is 13.1 Å². The topological polar surface area (TPSA) is 74.7 Å². The first-order valence-electron chi connectivity index (χ1n) is 6.27. The minimum absolute atomic E-state index is 0.127. The molecule has 0 aromatic carbocycles. The van der Waals surface area contributed by atoms with Crippen molar-refractivity contribution in [2.45, 2.75) is 39.5 Å². The molecular formula is C12H23NO4S. The number of hydrogen-bond acceptors (Lipinski definition) is 3. The van der Waals surface area contributed by atoms with Crippen molar-refractivity contribution in [2.75, 3.05) is 19.3 Å². The third kappa shape index (κ3) is 4.94. The average Bonchev–Trinajstić information content (AvgIpc) is 2.13. The van der Waals surface area contributed by atoms with Crippen LogP contribution in [0.1, 0.15) is 39.5 Å². The van der Waals surface area contributed by atoms with Gasteiger partial charge in [-0.25, -0.2) is 12.7 Å². The Bertz CT molecular complexity index is 402. The van der Waals surface area contributed by atoms with Gasteiger partial charge in [0.2, 0.25) is 10.0 Å². The lowest BCUT2D eigenvalue weighted by Crippen LogP contribution is -2.40. The number of sulfonamides is 1. The van der Waals surface area contributed by atoms with Gasteiger partial charge in [0.05, 0.1) is 12.7 Å². The van der Waals surface area contributed by atoms with E-state index in [2.05, 4.69) is 0 Å². The monoisotopic (exact) mass is 277 g/mol. The van der Waals surface area contributed by atoms with Crippen molar-refractivity contribution in [2.24, 2.45) is 11.3 Å². The summed E-state index contributed by atoms with van der Waals surface area (Å²) in [4.78, 5) is 10.8. The molecule has 0 saturated carbocycles. The summed E-state index contributed by atoms with van der Waals surface area (Å²) in [6.45, 7) is 4.98. The van der Waals surface area contributed by atoms with Gasteiger partial charge in [0.15, 0.2) is 0 Å². The molecule has 0 aromatic rings. The second-order valence-electron chi connectivity index (χ2n) is 6.07. The van der Waals surface area contributed by atoms with E-state index in [9.17, 15) is 13.2 Å². The number of carbonyl (C=O) groups is 1. The first-order chi connectivity index (χ1) is 8.10. The number of carboxylic acid groups (broad SMARTS) is 1. The van der Waals surface area contributed by atoms with Crippen LogP contribution in [-0.4, -0.2) is 43.1 Å². The number of nitrogens with zero attached hydrogens (tertiary/aromatic N) is 1. The third-order valence-electron chi connectivity index (χ3n) is 3.42. The maximum absolute atomic E-state index is 11.5. The highest BCUT2D eigenvalue weighted by molar-refractivity contribution is 7.88. The van der Waals surface area contributed by atoms with Crippen molar-refractivity contribution >= 4 is 16.0 Å². The zero-order valence-corrected chi connectivity index (χ0v) is 12.2. The first-order valence-corrected chi connectivity index (χ1v) is 8.12. The molecule has 1 saturated heterocycles. The second-order valence-corrected chi connectivity index (χ2v) is 8.05. The minimum Gasteiger partial charge on any atom is -0.481 e. The molecular weight excluding hydrogens is 254 g/mol. The molecule has 1 heterocycles. The zero-order chi connectivity index (χ0) is 14.0. The SMILES string of the molecule is CC(C)(CC(=O)O)CC1CCCN(S(C)(=O)=O)C1. The lowest BCUT2D eigenvalue weighted by molar-refractivity contribution is -0.139. The van der Waals surface area contributed by atoms with Gasteiger partial charge in [-0.2, -0.15) is 0 Å². The fourth-order valence-corrected chi connectivity index (χ4v) is 3.70. The van der Waals surface area contributed by atoms with Crippen LogP contribution < -0.4 is 0 Å². The standard InChI is InChI=1S/C12H23NO4S/c1-12(2,8-11(14)15)7-10-5-4-6-13(9-10)18(3,16)17/h10H,4-9H2,1-3H3,(H,14,15). The molecule has 1 aliphatic heterocycles. The smallest absolute Gasteiger partial charge is 0.303 e. The molecule has 1 N–H and O–H groups in total. The Morgan fingerprint density at radius 2 is 2.06 bits per heavy atom. The predicted molar refractivity (Wildman–Crippen MR) is 69.8 cm³/mol. The van der Waals surface area contributed by atoms with Gasteiger partial charge in [-0.3, -0.25) is 4.79 Å². The molecule has 0 bridgehead atoms. The van der Waals surface area contributed by atoms with E-state index in [0.29, 0.717) is 13.1 Å². The molecule has 1 unspecified atom stereocenters. The van der Waals surface area contributed by atoms with Crippen LogP contribution in [0.5, 0.6) is 0 Å². The number of aliphatic carboxylic acids is 1. The molecule has 5 nitrogen and oxygen atoms in total. The Morgan fingerprint density at radius 1 is 1.44 bits per heavy atom. The van der Waals surface area contributed by atoms with Crippen molar-refractivity contribution in [3.63, 3.8) is 0 Å². The number of piperidine rings is 1. The van der Waals surface area contributed by atoms with E-state index in [-0.39, 0.29) is 17.8 Å². The summed E-state index contributed by atoms with van der Waals surface area (Å²) in [6, 6.07) is 0. The van der Waals surface area contributed by atoms with E-state index < -0.39 is 16.0 Å². The molecule has 1 rings (SSSR count). The number of hydrogen-bond donors (Lipinski definition) is 1. The molecule has 0 spiro atoms. The third-order valence-corrected chi connectivity index (χ3v) is 4.69. The lowest BCUT2D eigenvalue weighted by Gasteiger charge is -2.35. The summed E-state index contributed by atoms with van der Waals surface area (Å²) in [5.74, 6) is -0.529. The molecule has 0 aliphatic carbocycles. The Morgan fingerprint density at radius 3 is 2.56 bits per heavy atom. The molecule has 0 amide bonds. The maximum atomic E-state index is 11.5. The van der Waals surface area contributed by atoms with Crippen LogP contribution in [-0.2, 0) is 14.8 Å². The zero-order valence-electron chi connectivity index (χ0n) is 11.3. The maximum Gasteiger partial charge on any atom is 0.303 e. The van der Waals surface area contributed by atoms with E-state index in [4.69, 9.17) is 5.11 Å². The largest absolute Gasteiger partial charge is 0.481 e. The van der Waals surface area contributed by atoms with Crippen LogP contribution >= 0.6 is 0 Å². The van der Waals surface area contributed by atoms with Gasteiger partial charge in [-0.1, -0.05) is 13.8 Å². The van der Waals surface area contributed by atoms with Crippen LogP contribution in [0.15, 0.2) is 0 Å². The lowest BCUT2D eigenvalue weighted by atomic mass is 9.78. The molecule has 18 heavy (non-hydrogen) atoms. The molecule has 0 radical (unpaired) electrons. The summed E-state index contributed by atoms with van der Waals surface area (Å²) in [6.07, 6.45) is 3.96. The summed E-state index contributed by atoms with van der Waals surface area (Å²) in [5, 5.41) is 8.85. The fourth-order valence-electron chi connectivity index (χ4n) is 2.76. The van der Waals surface area contributed by atoms with Gasteiger partial charge in [0.25, 0.3) is 0 Å². The van der Waals surface area contributed by atoms with E-state index in [1.807, 2.05) is 13.8 Å². The van der Waals surface area contributed by atoms with Gasteiger partial charge in [0.1, 0.15) is 0 Å². The molecule has 0 aromatic heterocycles. The Labute approximate surface area is 109 Å². The van der Waals surface area contributed by atoms with Crippen LogP contribution in [0, 0.1) is 11.3 Å². The van der Waals surface area contributed by atoms with Crippen molar-refractivity contribution in [1.29, 1.82) is 0 Å².